The van der Waals surface area contributed by atoms with Gasteiger partial charge in [-0.1, -0.05) is 78.4 Å². The third-order valence-electron chi connectivity index (χ3n) is 5.86. The Bertz CT molecular complexity index is 898. The highest BCUT2D eigenvalue weighted by atomic mass is 35.5. The van der Waals surface area contributed by atoms with Crippen LogP contribution >= 0.6 is 11.6 Å². The van der Waals surface area contributed by atoms with Gasteiger partial charge in [0.05, 0.1) is 0 Å². The van der Waals surface area contributed by atoms with Crippen LogP contribution in [0, 0.1) is 6.92 Å². The molecule has 0 aromatic heterocycles. The molecule has 1 amide bonds. The van der Waals surface area contributed by atoms with Crippen LogP contribution in [0.2, 0.25) is 0 Å². The zero-order chi connectivity index (χ0) is 19.6. The van der Waals surface area contributed by atoms with E-state index in [2.05, 4.69) is 48.5 Å². The number of benzene rings is 3. The minimum atomic E-state index is -0.248. The third-order valence-corrected chi connectivity index (χ3v) is 6.21. The number of nitrogens with zero attached hydrogens (tertiary/aromatic N) is 1. The van der Waals surface area contributed by atoms with Crippen LogP contribution in [0.25, 0.3) is 0 Å². The fourth-order valence-corrected chi connectivity index (χ4v) is 4.61. The molecule has 0 bridgehead atoms. The number of amides is 1. The Morgan fingerprint density at radius 1 is 0.929 bits per heavy atom. The molecule has 2 nitrogen and oxygen atoms in total. The molecular formula is C25H24ClNO. The predicted octanol–water partition coefficient (Wildman–Crippen LogP) is 5.43. The Morgan fingerprint density at radius 2 is 1.46 bits per heavy atom. The van der Waals surface area contributed by atoms with E-state index < -0.39 is 0 Å². The minimum absolute atomic E-state index is 0.00381. The molecule has 0 aliphatic carbocycles. The summed E-state index contributed by atoms with van der Waals surface area (Å²) < 4.78 is 0. The maximum absolute atomic E-state index is 13.3. The van der Waals surface area contributed by atoms with Crippen molar-refractivity contribution in [2.75, 3.05) is 12.4 Å². The fraction of sp³-hybridized carbons (Fsp3) is 0.240. The van der Waals surface area contributed by atoms with Crippen molar-refractivity contribution in [1.29, 1.82) is 0 Å². The van der Waals surface area contributed by atoms with E-state index >= 15 is 0 Å². The summed E-state index contributed by atoms with van der Waals surface area (Å²) in [5.74, 6) is 0.485. The van der Waals surface area contributed by atoms with Crippen LogP contribution in [0.4, 0.5) is 0 Å². The van der Waals surface area contributed by atoms with E-state index in [1.54, 1.807) is 0 Å². The van der Waals surface area contributed by atoms with Crippen LogP contribution in [0.5, 0.6) is 0 Å². The zero-order valence-corrected chi connectivity index (χ0v) is 16.8. The molecule has 1 unspecified atom stereocenters. The van der Waals surface area contributed by atoms with Crippen LogP contribution in [0.15, 0.2) is 84.9 Å². The van der Waals surface area contributed by atoms with E-state index in [9.17, 15) is 4.79 Å². The molecule has 3 aromatic rings. The summed E-state index contributed by atoms with van der Waals surface area (Å²) in [4.78, 5) is 15.3. The lowest BCUT2D eigenvalue weighted by molar-refractivity contribution is 0.0744. The fourth-order valence-electron chi connectivity index (χ4n) is 4.33. The molecule has 3 aromatic carbocycles. The van der Waals surface area contributed by atoms with E-state index in [1.807, 2.05) is 48.2 Å². The highest BCUT2D eigenvalue weighted by Crippen LogP contribution is 2.44. The van der Waals surface area contributed by atoms with Gasteiger partial charge in [0.2, 0.25) is 0 Å². The Kier molecular flexibility index (Phi) is 5.23. The van der Waals surface area contributed by atoms with Gasteiger partial charge in [0, 0.05) is 29.4 Å². The first kappa shape index (κ1) is 18.8. The molecule has 1 saturated heterocycles. The van der Waals surface area contributed by atoms with Crippen molar-refractivity contribution in [3.63, 3.8) is 0 Å². The lowest BCUT2D eigenvalue weighted by Crippen LogP contribution is -2.38. The molecule has 0 N–H and O–H groups in total. The van der Waals surface area contributed by atoms with Gasteiger partial charge in [0.1, 0.15) is 0 Å². The first-order valence-corrected chi connectivity index (χ1v) is 10.2. The van der Waals surface area contributed by atoms with E-state index in [4.69, 9.17) is 11.6 Å². The molecular weight excluding hydrogens is 366 g/mol. The summed E-state index contributed by atoms with van der Waals surface area (Å²) >= 11 is 6.37. The third kappa shape index (κ3) is 3.33. The SMILES string of the molecule is Cc1ccc(C(=O)N2CC(c3ccccc3)(c3ccccc3)CC2CCl)cc1. The highest BCUT2D eigenvalue weighted by molar-refractivity contribution is 6.18. The molecule has 0 saturated carbocycles. The highest BCUT2D eigenvalue weighted by Gasteiger charge is 2.47. The largest absolute Gasteiger partial charge is 0.333 e. The Hall–Kier alpha value is -2.58. The van der Waals surface area contributed by atoms with Crippen LogP contribution in [-0.2, 0) is 5.41 Å². The zero-order valence-electron chi connectivity index (χ0n) is 16.0. The van der Waals surface area contributed by atoms with Crippen LogP contribution in [-0.4, -0.2) is 29.3 Å². The number of carbonyl (C=O) groups excluding carboxylic acids is 1. The number of hydrogen-bond acceptors (Lipinski definition) is 1. The Balaban J connectivity index is 1.77. The number of aryl methyl sites for hydroxylation is 1. The summed E-state index contributed by atoms with van der Waals surface area (Å²) in [5, 5.41) is 0. The smallest absolute Gasteiger partial charge is 0.254 e. The van der Waals surface area contributed by atoms with Gasteiger partial charge < -0.3 is 4.90 Å². The number of likely N-dealkylation sites (tertiary alicyclic amines) is 1. The van der Waals surface area contributed by atoms with Crippen LogP contribution in [0.3, 0.4) is 0 Å². The number of carbonyl (C=O) groups is 1. The van der Waals surface area contributed by atoms with E-state index in [-0.39, 0.29) is 17.4 Å². The standard InChI is InChI=1S/C25H24ClNO/c1-19-12-14-20(15-13-19)24(28)27-18-25(16-23(27)17-26,21-8-4-2-5-9-21)22-10-6-3-7-11-22/h2-15,23H,16-18H2,1H3. The van der Waals surface area contributed by atoms with Gasteiger partial charge in [-0.05, 0) is 36.6 Å². The number of hydrogen-bond donors (Lipinski definition) is 0. The summed E-state index contributed by atoms with van der Waals surface area (Å²) in [6, 6.07) is 28.8. The van der Waals surface area contributed by atoms with E-state index in [0.717, 1.165) is 17.5 Å². The molecule has 0 radical (unpaired) electrons. The van der Waals surface area contributed by atoms with E-state index in [0.29, 0.717) is 12.4 Å². The number of rotatable bonds is 4. The molecule has 1 atom stereocenters. The average molecular weight is 390 g/mol. The van der Waals surface area contributed by atoms with Gasteiger partial charge in [0.25, 0.3) is 5.91 Å². The Labute approximate surface area is 171 Å². The van der Waals surface area contributed by atoms with Crippen molar-refractivity contribution in [3.8, 4) is 0 Å². The van der Waals surface area contributed by atoms with Crippen LogP contribution < -0.4 is 0 Å². The van der Waals surface area contributed by atoms with Gasteiger partial charge >= 0.3 is 0 Å². The molecule has 1 aliphatic heterocycles. The van der Waals surface area contributed by atoms with Crippen molar-refractivity contribution in [3.05, 3.63) is 107 Å². The quantitative estimate of drug-likeness (QED) is 0.544. The second kappa shape index (κ2) is 7.81. The first-order valence-electron chi connectivity index (χ1n) is 9.69. The average Bonchev–Trinajstić information content (AvgIpc) is 3.16. The summed E-state index contributed by atoms with van der Waals surface area (Å²) in [6.45, 7) is 2.66. The summed E-state index contributed by atoms with van der Waals surface area (Å²) in [6.07, 6.45) is 0.822. The van der Waals surface area contributed by atoms with E-state index in [1.165, 1.54) is 11.1 Å². The summed E-state index contributed by atoms with van der Waals surface area (Å²) in [7, 11) is 0. The van der Waals surface area contributed by atoms with Crippen molar-refractivity contribution in [1.82, 2.24) is 4.90 Å². The monoisotopic (exact) mass is 389 g/mol. The second-order valence-corrected chi connectivity index (χ2v) is 7.93. The van der Waals surface area contributed by atoms with Crippen molar-refractivity contribution in [2.45, 2.75) is 24.8 Å². The van der Waals surface area contributed by atoms with Gasteiger partial charge in [0.15, 0.2) is 0 Å². The van der Waals surface area contributed by atoms with Gasteiger partial charge in [-0.3, -0.25) is 4.79 Å². The Morgan fingerprint density at radius 3 is 1.96 bits per heavy atom. The predicted molar refractivity (Wildman–Crippen MR) is 115 cm³/mol. The molecule has 142 valence electrons. The molecule has 1 heterocycles. The molecule has 1 fully saturated rings. The molecule has 1 aliphatic rings. The topological polar surface area (TPSA) is 20.3 Å². The minimum Gasteiger partial charge on any atom is -0.333 e. The summed E-state index contributed by atoms with van der Waals surface area (Å²) in [5.41, 5.74) is 4.08. The molecule has 0 spiro atoms. The van der Waals surface area contributed by atoms with Gasteiger partial charge in [-0.25, -0.2) is 0 Å². The van der Waals surface area contributed by atoms with Crippen molar-refractivity contribution >= 4 is 17.5 Å². The van der Waals surface area contributed by atoms with Crippen LogP contribution in [0.1, 0.15) is 33.5 Å². The lowest BCUT2D eigenvalue weighted by Gasteiger charge is -2.31. The molecule has 3 heteroatoms. The maximum atomic E-state index is 13.3. The number of halogens is 1. The molecule has 4 rings (SSSR count). The molecule has 28 heavy (non-hydrogen) atoms. The lowest BCUT2D eigenvalue weighted by atomic mass is 9.73. The van der Waals surface area contributed by atoms with Gasteiger partial charge in [-0.2, -0.15) is 0 Å². The number of alkyl halides is 1. The second-order valence-electron chi connectivity index (χ2n) is 7.63. The normalized spacial score (nSPS) is 18.2. The first-order chi connectivity index (χ1) is 13.6. The van der Waals surface area contributed by atoms with Crippen molar-refractivity contribution < 1.29 is 4.79 Å². The maximum Gasteiger partial charge on any atom is 0.254 e. The van der Waals surface area contributed by atoms with Gasteiger partial charge in [-0.15, -0.1) is 11.6 Å². The van der Waals surface area contributed by atoms with Crippen molar-refractivity contribution in [2.24, 2.45) is 0 Å².